The van der Waals surface area contributed by atoms with Gasteiger partial charge in [0.05, 0.1) is 6.61 Å². The Hall–Kier alpha value is -2.66. The van der Waals surface area contributed by atoms with Crippen LogP contribution in [0, 0.1) is 5.92 Å². The molecule has 0 aromatic heterocycles. The Morgan fingerprint density at radius 1 is 1.04 bits per heavy atom. The molecule has 1 heterocycles. The lowest BCUT2D eigenvalue weighted by atomic mass is 9.95. The Morgan fingerprint density at radius 2 is 1.69 bits per heavy atom. The van der Waals surface area contributed by atoms with Crippen LogP contribution in [-0.2, 0) is 16.1 Å². The number of benzene rings is 2. The standard InChI is InChI=1S/C21H24N2O3/c1-26-15-16-7-9-18(10-8-16)21(25)23-13-11-17(12-14-23)20(24)22-19-5-3-2-4-6-19/h2-10,17H,11-15H2,1H3,(H,22,24). The third-order valence-corrected chi connectivity index (χ3v) is 4.71. The number of carbonyl (C=O) groups excluding carboxylic acids is 2. The third-order valence-electron chi connectivity index (χ3n) is 4.71. The molecule has 0 aliphatic carbocycles. The van der Waals surface area contributed by atoms with E-state index in [2.05, 4.69) is 5.32 Å². The van der Waals surface area contributed by atoms with Crippen LogP contribution in [0.1, 0.15) is 28.8 Å². The molecule has 2 amide bonds. The normalized spacial score (nSPS) is 14.9. The molecule has 5 nitrogen and oxygen atoms in total. The lowest BCUT2D eigenvalue weighted by Crippen LogP contribution is -2.41. The smallest absolute Gasteiger partial charge is 0.253 e. The number of para-hydroxylation sites is 1. The van der Waals surface area contributed by atoms with E-state index in [1.54, 1.807) is 7.11 Å². The van der Waals surface area contributed by atoms with Crippen LogP contribution in [0.3, 0.4) is 0 Å². The van der Waals surface area contributed by atoms with Gasteiger partial charge in [0.2, 0.25) is 5.91 Å². The van der Waals surface area contributed by atoms with Crippen molar-refractivity contribution in [3.8, 4) is 0 Å². The molecule has 1 fully saturated rings. The van der Waals surface area contributed by atoms with Crippen molar-refractivity contribution in [3.05, 3.63) is 65.7 Å². The van der Waals surface area contributed by atoms with Crippen LogP contribution in [0.15, 0.2) is 54.6 Å². The molecule has 0 radical (unpaired) electrons. The zero-order valence-corrected chi connectivity index (χ0v) is 15.0. The van der Waals surface area contributed by atoms with Gasteiger partial charge in [0.15, 0.2) is 0 Å². The van der Waals surface area contributed by atoms with Gasteiger partial charge < -0.3 is 15.0 Å². The number of carbonyl (C=O) groups is 2. The van der Waals surface area contributed by atoms with Gasteiger partial charge in [0.1, 0.15) is 0 Å². The molecule has 2 aromatic rings. The molecule has 0 bridgehead atoms. The van der Waals surface area contributed by atoms with Crippen molar-refractivity contribution < 1.29 is 14.3 Å². The molecule has 1 aliphatic heterocycles. The summed E-state index contributed by atoms with van der Waals surface area (Å²) < 4.78 is 5.09. The summed E-state index contributed by atoms with van der Waals surface area (Å²) in [6, 6.07) is 17.0. The molecule has 1 aliphatic rings. The molecule has 26 heavy (non-hydrogen) atoms. The Kier molecular flexibility index (Phi) is 6.02. The maximum Gasteiger partial charge on any atom is 0.253 e. The van der Waals surface area contributed by atoms with Crippen molar-refractivity contribution in [3.63, 3.8) is 0 Å². The maximum absolute atomic E-state index is 12.6. The number of ether oxygens (including phenoxy) is 1. The van der Waals surface area contributed by atoms with E-state index < -0.39 is 0 Å². The average Bonchev–Trinajstić information content (AvgIpc) is 2.69. The summed E-state index contributed by atoms with van der Waals surface area (Å²) in [6.07, 6.45) is 1.37. The summed E-state index contributed by atoms with van der Waals surface area (Å²) in [5.41, 5.74) is 2.53. The monoisotopic (exact) mass is 352 g/mol. The van der Waals surface area contributed by atoms with Crippen molar-refractivity contribution in [2.45, 2.75) is 19.4 Å². The van der Waals surface area contributed by atoms with Gasteiger partial charge in [-0.05, 0) is 42.7 Å². The number of nitrogens with one attached hydrogen (secondary N) is 1. The van der Waals surface area contributed by atoms with E-state index in [4.69, 9.17) is 4.74 Å². The zero-order valence-electron chi connectivity index (χ0n) is 15.0. The van der Waals surface area contributed by atoms with Gasteiger partial charge in [0.25, 0.3) is 5.91 Å². The van der Waals surface area contributed by atoms with Gasteiger partial charge in [-0.2, -0.15) is 0 Å². The maximum atomic E-state index is 12.6. The predicted octanol–water partition coefficient (Wildman–Crippen LogP) is 3.32. The van der Waals surface area contributed by atoms with Gasteiger partial charge >= 0.3 is 0 Å². The minimum Gasteiger partial charge on any atom is -0.380 e. The second-order valence-corrected chi connectivity index (χ2v) is 6.55. The van der Waals surface area contributed by atoms with Crippen LogP contribution in [-0.4, -0.2) is 36.9 Å². The van der Waals surface area contributed by atoms with E-state index in [1.807, 2.05) is 59.5 Å². The second kappa shape index (κ2) is 8.63. The van der Waals surface area contributed by atoms with E-state index in [0.717, 1.165) is 11.3 Å². The quantitative estimate of drug-likeness (QED) is 0.898. The second-order valence-electron chi connectivity index (χ2n) is 6.55. The average molecular weight is 352 g/mol. The fourth-order valence-electron chi connectivity index (χ4n) is 3.20. The molecule has 0 atom stereocenters. The van der Waals surface area contributed by atoms with E-state index in [0.29, 0.717) is 38.1 Å². The Balaban J connectivity index is 1.52. The summed E-state index contributed by atoms with van der Waals surface area (Å²) in [5.74, 6) is 0.00596. The first-order valence-electron chi connectivity index (χ1n) is 8.90. The van der Waals surface area contributed by atoms with Crippen molar-refractivity contribution >= 4 is 17.5 Å². The lowest BCUT2D eigenvalue weighted by molar-refractivity contribution is -0.121. The topological polar surface area (TPSA) is 58.6 Å². The number of hydrogen-bond donors (Lipinski definition) is 1. The highest BCUT2D eigenvalue weighted by Crippen LogP contribution is 2.21. The highest BCUT2D eigenvalue weighted by molar-refractivity contribution is 5.95. The van der Waals surface area contributed by atoms with E-state index in [-0.39, 0.29) is 17.7 Å². The number of methoxy groups -OCH3 is 1. The predicted molar refractivity (Wildman–Crippen MR) is 101 cm³/mol. The minimum absolute atomic E-state index is 0.0240. The van der Waals surface area contributed by atoms with Gasteiger partial charge in [-0.3, -0.25) is 9.59 Å². The largest absolute Gasteiger partial charge is 0.380 e. The molecule has 1 saturated heterocycles. The van der Waals surface area contributed by atoms with Crippen molar-refractivity contribution in [2.75, 3.05) is 25.5 Å². The summed E-state index contributed by atoms with van der Waals surface area (Å²) in [5, 5.41) is 2.95. The zero-order chi connectivity index (χ0) is 18.4. The number of piperidine rings is 1. The van der Waals surface area contributed by atoms with Crippen molar-refractivity contribution in [1.82, 2.24) is 4.90 Å². The number of hydrogen-bond acceptors (Lipinski definition) is 3. The molecule has 136 valence electrons. The fourth-order valence-corrected chi connectivity index (χ4v) is 3.20. The molecule has 2 aromatic carbocycles. The van der Waals surface area contributed by atoms with Crippen LogP contribution < -0.4 is 5.32 Å². The molecule has 1 N–H and O–H groups in total. The molecule has 3 rings (SSSR count). The van der Waals surface area contributed by atoms with Crippen molar-refractivity contribution in [1.29, 1.82) is 0 Å². The third kappa shape index (κ3) is 4.49. The highest BCUT2D eigenvalue weighted by atomic mass is 16.5. The number of amides is 2. The van der Waals surface area contributed by atoms with Crippen LogP contribution >= 0.6 is 0 Å². The number of rotatable bonds is 5. The van der Waals surface area contributed by atoms with Crippen LogP contribution in [0.2, 0.25) is 0 Å². The van der Waals surface area contributed by atoms with Crippen LogP contribution in [0.25, 0.3) is 0 Å². The number of anilines is 1. The fraction of sp³-hybridized carbons (Fsp3) is 0.333. The molecular weight excluding hydrogens is 328 g/mol. The summed E-state index contributed by atoms with van der Waals surface area (Å²) >= 11 is 0. The van der Waals surface area contributed by atoms with Crippen LogP contribution in [0.4, 0.5) is 5.69 Å². The molecule has 0 saturated carbocycles. The molecular formula is C21H24N2O3. The Bertz CT molecular complexity index is 736. The van der Waals surface area contributed by atoms with E-state index in [1.165, 1.54) is 0 Å². The molecule has 0 unspecified atom stereocenters. The van der Waals surface area contributed by atoms with Crippen molar-refractivity contribution in [2.24, 2.45) is 5.92 Å². The van der Waals surface area contributed by atoms with E-state index in [9.17, 15) is 9.59 Å². The van der Waals surface area contributed by atoms with Gasteiger partial charge in [-0.25, -0.2) is 0 Å². The first-order valence-corrected chi connectivity index (χ1v) is 8.90. The van der Waals surface area contributed by atoms with E-state index >= 15 is 0 Å². The summed E-state index contributed by atoms with van der Waals surface area (Å²) in [6.45, 7) is 1.74. The minimum atomic E-state index is -0.0525. The summed E-state index contributed by atoms with van der Waals surface area (Å²) in [7, 11) is 1.65. The SMILES string of the molecule is COCc1ccc(C(=O)N2CCC(C(=O)Nc3ccccc3)CC2)cc1. The molecule has 5 heteroatoms. The van der Waals surface area contributed by atoms with Gasteiger partial charge in [0, 0.05) is 37.4 Å². The number of nitrogens with zero attached hydrogens (tertiary/aromatic N) is 1. The summed E-state index contributed by atoms with van der Waals surface area (Å²) in [4.78, 5) is 26.8. The van der Waals surface area contributed by atoms with Crippen LogP contribution in [0.5, 0.6) is 0 Å². The first kappa shape index (κ1) is 18.1. The van der Waals surface area contributed by atoms with Gasteiger partial charge in [-0.15, -0.1) is 0 Å². The first-order chi connectivity index (χ1) is 12.7. The highest BCUT2D eigenvalue weighted by Gasteiger charge is 2.27. The number of likely N-dealkylation sites (tertiary alicyclic amines) is 1. The Morgan fingerprint density at radius 3 is 2.31 bits per heavy atom. The van der Waals surface area contributed by atoms with Gasteiger partial charge in [-0.1, -0.05) is 30.3 Å². The molecule has 0 spiro atoms. The lowest BCUT2D eigenvalue weighted by Gasteiger charge is -2.31. The Labute approximate surface area is 154 Å².